The molecule has 0 spiro atoms. The first-order valence-electron chi connectivity index (χ1n) is 11.7. The van der Waals surface area contributed by atoms with Crippen LogP contribution >= 0.6 is 0 Å². The van der Waals surface area contributed by atoms with E-state index in [0.29, 0.717) is 18.0 Å². The molecule has 2 aromatic carbocycles. The number of ether oxygens (including phenoxy) is 1. The van der Waals surface area contributed by atoms with Gasteiger partial charge in [0.05, 0.1) is 17.2 Å². The van der Waals surface area contributed by atoms with Gasteiger partial charge in [0.2, 0.25) is 0 Å². The Kier molecular flexibility index (Phi) is 7.65. The zero-order chi connectivity index (χ0) is 27.4. The van der Waals surface area contributed by atoms with Gasteiger partial charge in [0.25, 0.3) is 5.56 Å². The van der Waals surface area contributed by atoms with Gasteiger partial charge < -0.3 is 15.4 Å². The fraction of sp³-hybridized carbons (Fsp3) is 0.222. The molecule has 1 aliphatic heterocycles. The van der Waals surface area contributed by atoms with Crippen LogP contribution in [-0.2, 0) is 0 Å². The highest BCUT2D eigenvalue weighted by molar-refractivity contribution is 6.04. The fourth-order valence-electron chi connectivity index (χ4n) is 4.11. The summed E-state index contributed by atoms with van der Waals surface area (Å²) in [5, 5.41) is 6.13. The predicted molar refractivity (Wildman–Crippen MR) is 138 cm³/mol. The molecule has 2 heterocycles. The van der Waals surface area contributed by atoms with Crippen LogP contribution in [0.1, 0.15) is 25.2 Å². The first-order chi connectivity index (χ1) is 18.2. The third-order valence-corrected chi connectivity index (χ3v) is 5.84. The van der Waals surface area contributed by atoms with Crippen molar-refractivity contribution in [2.24, 2.45) is 4.99 Å². The summed E-state index contributed by atoms with van der Waals surface area (Å²) in [6.45, 7) is 4.25. The number of nitrogens with zero attached hydrogens (tertiary/aromatic N) is 3. The van der Waals surface area contributed by atoms with Crippen LogP contribution in [0.4, 0.5) is 17.6 Å². The Morgan fingerprint density at radius 3 is 2.74 bits per heavy atom. The lowest BCUT2D eigenvalue weighted by Gasteiger charge is -2.24. The van der Waals surface area contributed by atoms with Crippen LogP contribution in [0.25, 0.3) is 16.6 Å². The van der Waals surface area contributed by atoms with Crippen molar-refractivity contribution in [2.75, 3.05) is 13.7 Å². The Morgan fingerprint density at radius 2 is 2.05 bits per heavy atom. The van der Waals surface area contributed by atoms with E-state index in [4.69, 9.17) is 4.74 Å². The molecule has 0 bridgehead atoms. The third-order valence-electron chi connectivity index (χ3n) is 5.84. The maximum atomic E-state index is 14.8. The molecule has 0 unspecified atom stereocenters. The Morgan fingerprint density at radius 1 is 1.29 bits per heavy atom. The SMILES string of the molecule is C=C/C(N[C@@H](CC)c1nc2cccc(F)c2c(=O)n1-c1cccc(OCC(F)(F)F)c1)=C1/C=CN/C1=N/C. The maximum absolute atomic E-state index is 14.8. The van der Waals surface area contributed by atoms with E-state index in [1.807, 2.05) is 13.0 Å². The summed E-state index contributed by atoms with van der Waals surface area (Å²) in [7, 11) is 1.64. The predicted octanol–water partition coefficient (Wildman–Crippen LogP) is 5.09. The van der Waals surface area contributed by atoms with E-state index < -0.39 is 30.2 Å². The minimum absolute atomic E-state index is 0.104. The maximum Gasteiger partial charge on any atom is 0.422 e. The highest BCUT2D eigenvalue weighted by Gasteiger charge is 2.29. The number of halogens is 4. The lowest BCUT2D eigenvalue weighted by atomic mass is 10.1. The van der Waals surface area contributed by atoms with E-state index in [2.05, 4.69) is 27.2 Å². The van der Waals surface area contributed by atoms with Gasteiger partial charge in [-0.2, -0.15) is 13.2 Å². The number of rotatable bonds is 8. The number of amidine groups is 1. The number of aliphatic imine (C=N–C) groups is 1. The fourth-order valence-corrected chi connectivity index (χ4v) is 4.11. The van der Waals surface area contributed by atoms with E-state index in [-0.39, 0.29) is 28.2 Å². The monoisotopic (exact) mass is 527 g/mol. The van der Waals surface area contributed by atoms with Crippen LogP contribution < -0.4 is 20.9 Å². The molecule has 4 rings (SSSR count). The molecule has 0 radical (unpaired) electrons. The molecule has 1 atom stereocenters. The average Bonchev–Trinajstić information content (AvgIpc) is 3.36. The van der Waals surface area contributed by atoms with Gasteiger partial charge in [0, 0.05) is 30.6 Å². The lowest BCUT2D eigenvalue weighted by molar-refractivity contribution is -0.153. The second kappa shape index (κ2) is 10.9. The molecule has 0 saturated heterocycles. The highest BCUT2D eigenvalue weighted by atomic mass is 19.4. The van der Waals surface area contributed by atoms with Gasteiger partial charge in [-0.25, -0.2) is 9.37 Å². The Balaban J connectivity index is 1.90. The number of nitrogens with one attached hydrogen (secondary N) is 2. The summed E-state index contributed by atoms with van der Waals surface area (Å²) >= 11 is 0. The molecule has 0 fully saturated rings. The summed E-state index contributed by atoms with van der Waals surface area (Å²) in [6, 6.07) is 9.15. The van der Waals surface area contributed by atoms with E-state index in [1.165, 1.54) is 41.0 Å². The molecule has 7 nitrogen and oxygen atoms in total. The van der Waals surface area contributed by atoms with Crippen LogP contribution in [0.2, 0.25) is 0 Å². The van der Waals surface area contributed by atoms with Gasteiger partial charge in [-0.05, 0) is 42.8 Å². The number of benzene rings is 2. The first-order valence-corrected chi connectivity index (χ1v) is 11.7. The van der Waals surface area contributed by atoms with Gasteiger partial charge in [-0.1, -0.05) is 25.6 Å². The molecule has 3 aromatic rings. The smallest absolute Gasteiger partial charge is 0.422 e. The van der Waals surface area contributed by atoms with Gasteiger partial charge >= 0.3 is 6.18 Å². The summed E-state index contributed by atoms with van der Waals surface area (Å²) in [6.07, 6.45) is 1.05. The largest absolute Gasteiger partial charge is 0.484 e. The molecule has 0 saturated carbocycles. The van der Waals surface area contributed by atoms with Crippen molar-refractivity contribution in [1.82, 2.24) is 20.2 Å². The molecule has 1 aliphatic rings. The van der Waals surface area contributed by atoms with E-state index in [0.717, 1.165) is 11.6 Å². The standard InChI is InChI=1S/C27H25F4N5O2/c1-4-20(18-12-13-33-24(18)32-3)34-21(5-2)25-35-22-11-7-10-19(28)23(22)26(37)36(25)16-8-6-9-17(14-16)38-15-27(29,30)31/h4,6-14,21,34H,1,5,15H2,2-3H3,(H,32,33)/b20-18+/t21-/m0/s1. The van der Waals surface area contributed by atoms with Crippen LogP contribution in [0, 0.1) is 5.82 Å². The third kappa shape index (κ3) is 5.46. The summed E-state index contributed by atoms with van der Waals surface area (Å²) in [5.41, 5.74) is 0.971. The number of allylic oxidation sites excluding steroid dienone is 1. The molecule has 11 heteroatoms. The molecular weight excluding hydrogens is 502 g/mol. The van der Waals surface area contributed by atoms with Crippen molar-refractivity contribution in [3.63, 3.8) is 0 Å². The number of fused-ring (bicyclic) bond motifs is 1. The zero-order valence-electron chi connectivity index (χ0n) is 20.6. The second-order valence-electron chi connectivity index (χ2n) is 8.33. The quantitative estimate of drug-likeness (QED) is 0.399. The zero-order valence-corrected chi connectivity index (χ0v) is 20.6. The van der Waals surface area contributed by atoms with Crippen molar-refractivity contribution in [3.05, 3.63) is 101 Å². The van der Waals surface area contributed by atoms with E-state index >= 15 is 0 Å². The minimum Gasteiger partial charge on any atom is -0.484 e. The molecule has 0 aliphatic carbocycles. The Hall–Kier alpha value is -4.41. The molecule has 0 amide bonds. The van der Waals surface area contributed by atoms with E-state index in [1.54, 1.807) is 19.3 Å². The summed E-state index contributed by atoms with van der Waals surface area (Å²) < 4.78 is 59.0. The van der Waals surface area contributed by atoms with Crippen molar-refractivity contribution >= 4 is 16.7 Å². The number of aromatic nitrogens is 2. The van der Waals surface area contributed by atoms with Gasteiger partial charge in [0.15, 0.2) is 6.61 Å². The number of alkyl halides is 3. The topological polar surface area (TPSA) is 80.5 Å². The highest BCUT2D eigenvalue weighted by Crippen LogP contribution is 2.26. The molecule has 2 N–H and O–H groups in total. The molecule has 198 valence electrons. The van der Waals surface area contributed by atoms with Crippen molar-refractivity contribution < 1.29 is 22.3 Å². The van der Waals surface area contributed by atoms with Crippen LogP contribution in [0.15, 0.2) is 88.5 Å². The molecular formula is C27H25F4N5O2. The summed E-state index contributed by atoms with van der Waals surface area (Å²) in [5.74, 6) is -0.0195. The summed E-state index contributed by atoms with van der Waals surface area (Å²) in [4.78, 5) is 22.5. The van der Waals surface area contributed by atoms with Crippen LogP contribution in [0.3, 0.4) is 0 Å². The second-order valence-corrected chi connectivity index (χ2v) is 8.33. The van der Waals surface area contributed by atoms with Gasteiger partial charge in [-0.15, -0.1) is 0 Å². The Bertz CT molecular complexity index is 1520. The van der Waals surface area contributed by atoms with Gasteiger partial charge in [0.1, 0.15) is 28.6 Å². The number of hydrogen-bond acceptors (Lipinski definition) is 5. The number of hydrogen-bond donors (Lipinski definition) is 2. The van der Waals surface area contributed by atoms with Crippen LogP contribution in [0.5, 0.6) is 5.75 Å². The average molecular weight is 528 g/mol. The minimum atomic E-state index is -4.54. The molecule has 1 aromatic heterocycles. The van der Waals surface area contributed by atoms with Crippen molar-refractivity contribution in [1.29, 1.82) is 0 Å². The normalized spacial score (nSPS) is 16.4. The van der Waals surface area contributed by atoms with E-state index in [9.17, 15) is 22.4 Å². The lowest BCUT2D eigenvalue weighted by Crippen LogP contribution is -2.32. The van der Waals surface area contributed by atoms with Crippen LogP contribution in [-0.4, -0.2) is 35.2 Å². The van der Waals surface area contributed by atoms with Gasteiger partial charge in [-0.3, -0.25) is 14.4 Å². The Labute approximate surface area is 215 Å². The molecule has 38 heavy (non-hydrogen) atoms. The van der Waals surface area contributed by atoms with Crippen molar-refractivity contribution in [2.45, 2.75) is 25.6 Å². The van der Waals surface area contributed by atoms with Crippen molar-refractivity contribution in [3.8, 4) is 11.4 Å². The first kappa shape index (κ1) is 26.6.